The molecule has 0 fully saturated rings. The van der Waals surface area contributed by atoms with Crippen LogP contribution in [0.1, 0.15) is 32.4 Å². The van der Waals surface area contributed by atoms with Crippen molar-refractivity contribution < 1.29 is 28.5 Å². The first-order chi connectivity index (χ1) is 9.60. The second-order valence-electron chi connectivity index (χ2n) is 5.56. The van der Waals surface area contributed by atoms with Gasteiger partial charge in [0.25, 0.3) is 0 Å². The Morgan fingerprint density at radius 3 is 2.48 bits per heavy atom. The van der Waals surface area contributed by atoms with Gasteiger partial charge in [0.05, 0.1) is 0 Å². The van der Waals surface area contributed by atoms with Gasteiger partial charge in [0.2, 0.25) is 0 Å². The van der Waals surface area contributed by atoms with Crippen LogP contribution in [0.3, 0.4) is 0 Å². The Hall–Kier alpha value is -1.73. The number of hydrogen-bond donors (Lipinski definition) is 3. The zero-order valence-electron chi connectivity index (χ0n) is 12.1. The van der Waals surface area contributed by atoms with Crippen LogP contribution in [0.5, 0.6) is 0 Å². The predicted molar refractivity (Wildman–Crippen MR) is 71.6 cm³/mol. The van der Waals surface area contributed by atoms with Crippen LogP contribution < -0.4 is 5.32 Å². The smallest absolute Gasteiger partial charge is 0.407 e. The summed E-state index contributed by atoms with van der Waals surface area (Å²) in [6.45, 7) is 4.68. The van der Waals surface area contributed by atoms with Gasteiger partial charge in [-0.2, -0.15) is 0 Å². The van der Waals surface area contributed by atoms with Gasteiger partial charge in [-0.25, -0.2) is 13.6 Å². The van der Waals surface area contributed by atoms with Crippen molar-refractivity contribution in [3.63, 3.8) is 0 Å². The largest absolute Gasteiger partial charge is 0.444 e. The molecule has 0 aliphatic heterocycles. The van der Waals surface area contributed by atoms with Gasteiger partial charge >= 0.3 is 6.09 Å². The molecule has 0 spiro atoms. The van der Waals surface area contributed by atoms with Crippen molar-refractivity contribution in [1.82, 2.24) is 5.32 Å². The number of carbonyl (C=O) groups is 1. The van der Waals surface area contributed by atoms with Gasteiger partial charge in [0.15, 0.2) is 0 Å². The molecule has 0 aliphatic rings. The molecule has 0 radical (unpaired) electrons. The van der Waals surface area contributed by atoms with Crippen molar-refractivity contribution in [3.8, 4) is 0 Å². The molecular weight excluding hydrogens is 284 g/mol. The predicted octanol–water partition coefficient (Wildman–Crippen LogP) is 1.88. The van der Waals surface area contributed by atoms with Crippen molar-refractivity contribution in [1.29, 1.82) is 0 Å². The van der Waals surface area contributed by atoms with E-state index in [1.54, 1.807) is 20.8 Å². The second-order valence-corrected chi connectivity index (χ2v) is 5.56. The summed E-state index contributed by atoms with van der Waals surface area (Å²) in [6.07, 6.45) is -3.83. The summed E-state index contributed by atoms with van der Waals surface area (Å²) < 4.78 is 31.2. The first-order valence-electron chi connectivity index (χ1n) is 6.38. The molecule has 5 nitrogen and oxygen atoms in total. The highest BCUT2D eigenvalue weighted by molar-refractivity contribution is 5.67. The molecule has 1 aromatic rings. The Balaban J connectivity index is 2.59. The maximum Gasteiger partial charge on any atom is 0.407 e. The summed E-state index contributed by atoms with van der Waals surface area (Å²) in [5, 5.41) is 21.8. The van der Waals surface area contributed by atoms with Crippen LogP contribution >= 0.6 is 0 Å². The number of alkyl carbamates (subject to hydrolysis) is 1. The number of aliphatic hydroxyl groups is 2. The Morgan fingerprint density at radius 1 is 1.33 bits per heavy atom. The first-order valence-corrected chi connectivity index (χ1v) is 6.38. The van der Waals surface area contributed by atoms with E-state index < -0.39 is 35.5 Å². The zero-order chi connectivity index (χ0) is 16.2. The molecule has 0 saturated carbocycles. The maximum atomic E-state index is 13.5. The zero-order valence-corrected chi connectivity index (χ0v) is 12.1. The van der Waals surface area contributed by atoms with Crippen LogP contribution in [0.15, 0.2) is 18.2 Å². The Kier molecular flexibility index (Phi) is 5.62. The third-order valence-corrected chi connectivity index (χ3v) is 2.50. The topological polar surface area (TPSA) is 78.8 Å². The van der Waals surface area contributed by atoms with E-state index in [-0.39, 0.29) is 12.1 Å². The third kappa shape index (κ3) is 5.65. The van der Waals surface area contributed by atoms with Gasteiger partial charge in [-0.15, -0.1) is 0 Å². The van der Waals surface area contributed by atoms with Crippen molar-refractivity contribution in [2.24, 2.45) is 0 Å². The average molecular weight is 303 g/mol. The highest BCUT2D eigenvalue weighted by Gasteiger charge is 2.23. The molecule has 118 valence electrons. The maximum absolute atomic E-state index is 13.5. The highest BCUT2D eigenvalue weighted by Crippen LogP contribution is 2.21. The van der Waals surface area contributed by atoms with Gasteiger partial charge in [-0.05, 0) is 26.8 Å². The number of halogens is 2. The van der Waals surface area contributed by atoms with Gasteiger partial charge in [-0.1, -0.05) is 6.07 Å². The lowest BCUT2D eigenvalue weighted by Crippen LogP contribution is -2.39. The van der Waals surface area contributed by atoms with E-state index in [2.05, 4.69) is 5.32 Å². The van der Waals surface area contributed by atoms with E-state index in [1.807, 2.05) is 0 Å². The van der Waals surface area contributed by atoms with E-state index in [0.717, 1.165) is 12.1 Å². The summed E-state index contributed by atoms with van der Waals surface area (Å²) in [5.41, 5.74) is -0.952. The molecule has 0 aromatic heterocycles. The fourth-order valence-corrected chi connectivity index (χ4v) is 1.56. The van der Waals surface area contributed by atoms with Gasteiger partial charge in [0, 0.05) is 18.2 Å². The Bertz CT molecular complexity index is 502. The summed E-state index contributed by atoms with van der Waals surface area (Å²) in [4.78, 5) is 11.4. The fourth-order valence-electron chi connectivity index (χ4n) is 1.56. The van der Waals surface area contributed by atoms with E-state index in [9.17, 15) is 23.8 Å². The number of amides is 1. The summed E-state index contributed by atoms with van der Waals surface area (Å²) in [5.74, 6) is -1.76. The molecule has 1 aromatic carbocycles. The van der Waals surface area contributed by atoms with Crippen molar-refractivity contribution in [2.45, 2.75) is 38.6 Å². The number of ether oxygens (including phenoxy) is 1. The van der Waals surface area contributed by atoms with E-state index in [0.29, 0.717) is 6.07 Å². The van der Waals surface area contributed by atoms with Crippen LogP contribution in [-0.2, 0) is 4.74 Å². The van der Waals surface area contributed by atoms with Crippen molar-refractivity contribution in [2.75, 3.05) is 6.54 Å². The molecule has 7 heteroatoms. The fraction of sp³-hybridized carbons (Fsp3) is 0.500. The highest BCUT2D eigenvalue weighted by atomic mass is 19.1. The minimum atomic E-state index is -1.60. The normalized spacial score (nSPS) is 14.4. The lowest BCUT2D eigenvalue weighted by molar-refractivity contribution is 0.0113. The van der Waals surface area contributed by atoms with Crippen molar-refractivity contribution >= 4 is 6.09 Å². The number of aliphatic hydroxyl groups excluding tert-OH is 2. The van der Waals surface area contributed by atoms with Crippen LogP contribution in [0.25, 0.3) is 0 Å². The van der Waals surface area contributed by atoms with Crippen LogP contribution in [0.2, 0.25) is 0 Å². The minimum Gasteiger partial charge on any atom is -0.444 e. The molecule has 0 bridgehead atoms. The Labute approximate surface area is 121 Å². The molecule has 21 heavy (non-hydrogen) atoms. The van der Waals surface area contributed by atoms with E-state index in [1.165, 1.54) is 0 Å². The molecule has 2 atom stereocenters. The summed E-state index contributed by atoms with van der Waals surface area (Å²) in [6, 6.07) is 2.61. The lowest BCUT2D eigenvalue weighted by atomic mass is 10.0. The lowest BCUT2D eigenvalue weighted by Gasteiger charge is -2.22. The standard InChI is InChI=1S/C14H19F2NO4/c1-14(2,3)21-13(20)17-7-11(18)12(19)9-5-4-8(15)6-10(9)16/h4-6,11-12,18-19H,7H2,1-3H3,(H,17,20). The van der Waals surface area contributed by atoms with Crippen LogP contribution in [0, 0.1) is 11.6 Å². The molecule has 0 aliphatic carbocycles. The van der Waals surface area contributed by atoms with Gasteiger partial charge in [-0.3, -0.25) is 0 Å². The molecule has 3 N–H and O–H groups in total. The SMILES string of the molecule is CC(C)(C)OC(=O)NCC(O)C(O)c1ccc(F)cc1F. The number of benzene rings is 1. The first kappa shape index (κ1) is 17.3. The number of hydrogen-bond acceptors (Lipinski definition) is 4. The summed E-state index contributed by atoms with van der Waals surface area (Å²) >= 11 is 0. The monoisotopic (exact) mass is 303 g/mol. The molecule has 1 amide bonds. The Morgan fingerprint density at radius 2 is 1.95 bits per heavy atom. The molecule has 1 rings (SSSR count). The van der Waals surface area contributed by atoms with E-state index in [4.69, 9.17) is 4.74 Å². The average Bonchev–Trinajstić information content (AvgIpc) is 2.33. The second kappa shape index (κ2) is 6.82. The molecule has 2 unspecified atom stereocenters. The third-order valence-electron chi connectivity index (χ3n) is 2.50. The van der Waals surface area contributed by atoms with E-state index >= 15 is 0 Å². The van der Waals surface area contributed by atoms with Crippen LogP contribution in [0.4, 0.5) is 13.6 Å². The van der Waals surface area contributed by atoms with Crippen molar-refractivity contribution in [3.05, 3.63) is 35.4 Å². The number of carbonyl (C=O) groups excluding carboxylic acids is 1. The number of nitrogens with one attached hydrogen (secondary N) is 1. The quantitative estimate of drug-likeness (QED) is 0.793. The molecule has 0 heterocycles. The van der Waals surface area contributed by atoms with Gasteiger partial charge < -0.3 is 20.3 Å². The minimum absolute atomic E-state index is 0.255. The molecular formula is C14H19F2NO4. The van der Waals surface area contributed by atoms with Crippen LogP contribution in [-0.4, -0.2) is 34.6 Å². The van der Waals surface area contributed by atoms with Gasteiger partial charge in [0.1, 0.15) is 29.4 Å². The number of rotatable bonds is 4. The molecule has 0 saturated heterocycles. The summed E-state index contributed by atoms with van der Waals surface area (Å²) in [7, 11) is 0.